The predicted molar refractivity (Wildman–Crippen MR) is 97.7 cm³/mol. The van der Waals surface area contributed by atoms with E-state index in [4.69, 9.17) is 0 Å². The molecule has 1 aromatic carbocycles. The van der Waals surface area contributed by atoms with Gasteiger partial charge in [-0.2, -0.15) is 0 Å². The molecule has 0 saturated heterocycles. The van der Waals surface area contributed by atoms with Crippen LogP contribution in [0.4, 0.5) is 5.69 Å². The number of aromatic nitrogens is 3. The molecule has 5 heteroatoms. The zero-order valence-corrected chi connectivity index (χ0v) is 14.2. The van der Waals surface area contributed by atoms with Crippen LogP contribution in [0, 0.1) is 0 Å². The van der Waals surface area contributed by atoms with Crippen molar-refractivity contribution in [1.29, 1.82) is 0 Å². The van der Waals surface area contributed by atoms with Crippen molar-refractivity contribution < 1.29 is 0 Å². The van der Waals surface area contributed by atoms with E-state index in [9.17, 15) is 0 Å². The van der Waals surface area contributed by atoms with Crippen LogP contribution in [0.2, 0.25) is 0 Å². The summed E-state index contributed by atoms with van der Waals surface area (Å²) in [4.78, 5) is 13.5. The summed E-state index contributed by atoms with van der Waals surface area (Å²) in [5, 5.41) is 0. The standard InChI is InChI=1S/C19H21N5/c1-12(2)14-4-5-19-18(8-14)22-11-24(19)23-13(3)16-9-17-15(10-21-16)6-7-20-17/h4-5,7-13,23H,6H2,1-3H3. The molecule has 4 rings (SSSR count). The molecule has 0 aliphatic carbocycles. The lowest BCUT2D eigenvalue weighted by Crippen LogP contribution is -2.18. The van der Waals surface area contributed by atoms with Gasteiger partial charge in [-0.15, -0.1) is 0 Å². The van der Waals surface area contributed by atoms with Crippen molar-refractivity contribution in [2.75, 3.05) is 5.43 Å². The molecule has 0 amide bonds. The molecular weight excluding hydrogens is 298 g/mol. The number of nitrogens with one attached hydrogen (secondary N) is 1. The lowest BCUT2D eigenvalue weighted by molar-refractivity contribution is 0.717. The molecule has 2 aromatic heterocycles. The SMILES string of the molecule is CC(C)c1ccc2c(c1)ncn2NC(C)c1cc2c(cn1)CC=N2. The fourth-order valence-corrected chi connectivity index (χ4v) is 3.01. The molecular formula is C19H21N5. The molecule has 3 aromatic rings. The van der Waals surface area contributed by atoms with Crippen LogP contribution < -0.4 is 5.43 Å². The third-order valence-electron chi connectivity index (χ3n) is 4.54. The quantitative estimate of drug-likeness (QED) is 0.787. The summed E-state index contributed by atoms with van der Waals surface area (Å²) >= 11 is 0. The van der Waals surface area contributed by atoms with Gasteiger partial charge in [-0.3, -0.25) is 9.98 Å². The zero-order chi connectivity index (χ0) is 16.7. The molecule has 1 unspecified atom stereocenters. The molecule has 1 atom stereocenters. The Hall–Kier alpha value is -2.69. The Balaban J connectivity index is 1.60. The Morgan fingerprint density at radius 2 is 2.00 bits per heavy atom. The van der Waals surface area contributed by atoms with E-state index >= 15 is 0 Å². The highest BCUT2D eigenvalue weighted by Gasteiger charge is 2.14. The minimum atomic E-state index is 0.0632. The highest BCUT2D eigenvalue weighted by atomic mass is 15.4. The minimum absolute atomic E-state index is 0.0632. The van der Waals surface area contributed by atoms with Crippen molar-refractivity contribution in [3.63, 3.8) is 0 Å². The van der Waals surface area contributed by atoms with Gasteiger partial charge in [0.1, 0.15) is 6.33 Å². The van der Waals surface area contributed by atoms with Gasteiger partial charge >= 0.3 is 0 Å². The number of fused-ring (bicyclic) bond motifs is 2. The van der Waals surface area contributed by atoms with E-state index < -0.39 is 0 Å². The van der Waals surface area contributed by atoms with Gasteiger partial charge in [-0.1, -0.05) is 19.9 Å². The highest BCUT2D eigenvalue weighted by Crippen LogP contribution is 2.27. The van der Waals surface area contributed by atoms with Gasteiger partial charge in [0.25, 0.3) is 0 Å². The molecule has 1 aliphatic heterocycles. The van der Waals surface area contributed by atoms with Crippen molar-refractivity contribution in [2.45, 2.75) is 39.2 Å². The first-order valence-electron chi connectivity index (χ1n) is 8.36. The first-order chi connectivity index (χ1) is 11.6. The maximum atomic E-state index is 4.57. The van der Waals surface area contributed by atoms with E-state index in [0.29, 0.717) is 5.92 Å². The Bertz CT molecular complexity index is 923. The molecule has 1 aliphatic rings. The normalized spacial score (nSPS) is 14.3. The third kappa shape index (κ3) is 2.56. The van der Waals surface area contributed by atoms with E-state index in [1.807, 2.05) is 23.4 Å². The summed E-state index contributed by atoms with van der Waals surface area (Å²) in [6, 6.07) is 8.57. The molecule has 122 valence electrons. The number of imidazole rings is 1. The molecule has 24 heavy (non-hydrogen) atoms. The number of pyridine rings is 1. The van der Waals surface area contributed by atoms with Gasteiger partial charge in [0.2, 0.25) is 0 Å². The van der Waals surface area contributed by atoms with Crippen LogP contribution in [0.1, 0.15) is 49.6 Å². The number of hydrogen-bond donors (Lipinski definition) is 1. The van der Waals surface area contributed by atoms with E-state index in [1.54, 1.807) is 0 Å². The van der Waals surface area contributed by atoms with Gasteiger partial charge in [0, 0.05) is 24.4 Å². The summed E-state index contributed by atoms with van der Waals surface area (Å²) in [5.74, 6) is 0.502. The van der Waals surface area contributed by atoms with Crippen LogP contribution in [0.5, 0.6) is 0 Å². The molecule has 0 saturated carbocycles. The number of nitrogens with zero attached hydrogens (tertiary/aromatic N) is 4. The largest absolute Gasteiger partial charge is 0.316 e. The average molecular weight is 319 g/mol. The van der Waals surface area contributed by atoms with Crippen molar-refractivity contribution in [3.8, 4) is 0 Å². The summed E-state index contributed by atoms with van der Waals surface area (Å²) < 4.78 is 1.97. The first kappa shape index (κ1) is 14.9. The van der Waals surface area contributed by atoms with E-state index in [1.165, 1.54) is 11.1 Å². The van der Waals surface area contributed by atoms with Gasteiger partial charge in [0.15, 0.2) is 0 Å². The van der Waals surface area contributed by atoms with Gasteiger partial charge in [0.05, 0.1) is 28.5 Å². The lowest BCUT2D eigenvalue weighted by atomic mass is 10.0. The van der Waals surface area contributed by atoms with Crippen LogP contribution in [-0.4, -0.2) is 20.9 Å². The van der Waals surface area contributed by atoms with E-state index in [-0.39, 0.29) is 6.04 Å². The molecule has 0 spiro atoms. The maximum absolute atomic E-state index is 4.57. The first-order valence-corrected chi connectivity index (χ1v) is 8.36. The fourth-order valence-electron chi connectivity index (χ4n) is 3.01. The summed E-state index contributed by atoms with van der Waals surface area (Å²) in [7, 11) is 0. The van der Waals surface area contributed by atoms with Crippen molar-refractivity contribution in [3.05, 3.63) is 53.6 Å². The van der Waals surface area contributed by atoms with Crippen molar-refractivity contribution in [1.82, 2.24) is 14.6 Å². The molecule has 1 N–H and O–H groups in total. The highest BCUT2D eigenvalue weighted by molar-refractivity contribution is 5.77. The lowest BCUT2D eigenvalue weighted by Gasteiger charge is -2.17. The third-order valence-corrected chi connectivity index (χ3v) is 4.54. The smallest absolute Gasteiger partial charge is 0.115 e. The number of benzene rings is 1. The van der Waals surface area contributed by atoms with Crippen LogP contribution in [0.15, 0.2) is 41.8 Å². The summed E-state index contributed by atoms with van der Waals surface area (Å²) in [6.07, 6.45) is 6.58. The summed E-state index contributed by atoms with van der Waals surface area (Å²) in [6.45, 7) is 6.49. The molecule has 0 fully saturated rings. The van der Waals surface area contributed by atoms with Gasteiger partial charge in [-0.05, 0) is 36.6 Å². The molecule has 0 radical (unpaired) electrons. The molecule has 3 heterocycles. The minimum Gasteiger partial charge on any atom is -0.316 e. The van der Waals surface area contributed by atoms with Crippen LogP contribution >= 0.6 is 0 Å². The van der Waals surface area contributed by atoms with Crippen LogP contribution in [-0.2, 0) is 6.42 Å². The van der Waals surface area contributed by atoms with Crippen LogP contribution in [0.25, 0.3) is 11.0 Å². The number of aliphatic imine (C=N–C) groups is 1. The molecule has 0 bridgehead atoms. The summed E-state index contributed by atoms with van der Waals surface area (Å²) in [5.41, 5.74) is 10.1. The van der Waals surface area contributed by atoms with Crippen molar-refractivity contribution in [2.24, 2.45) is 4.99 Å². The second-order valence-corrected chi connectivity index (χ2v) is 6.62. The Kier molecular flexibility index (Phi) is 3.56. The topological polar surface area (TPSA) is 55.1 Å². The molecule has 5 nitrogen and oxygen atoms in total. The predicted octanol–water partition coefficient (Wildman–Crippen LogP) is 4.12. The average Bonchev–Trinajstić information content (AvgIpc) is 3.20. The Morgan fingerprint density at radius 1 is 1.12 bits per heavy atom. The Labute approximate surface area is 141 Å². The van der Waals surface area contributed by atoms with Gasteiger partial charge in [-0.25, -0.2) is 9.66 Å². The van der Waals surface area contributed by atoms with Gasteiger partial charge < -0.3 is 5.43 Å². The second-order valence-electron chi connectivity index (χ2n) is 6.62. The van der Waals surface area contributed by atoms with Crippen LogP contribution in [0.3, 0.4) is 0 Å². The van der Waals surface area contributed by atoms with E-state index in [2.05, 4.69) is 65.4 Å². The fraction of sp³-hybridized carbons (Fsp3) is 0.316. The van der Waals surface area contributed by atoms with Crippen molar-refractivity contribution >= 4 is 22.9 Å². The number of hydrogen-bond acceptors (Lipinski definition) is 4. The monoisotopic (exact) mass is 319 g/mol. The number of rotatable bonds is 4. The zero-order valence-electron chi connectivity index (χ0n) is 14.2. The second kappa shape index (κ2) is 5.74. The Morgan fingerprint density at radius 3 is 2.83 bits per heavy atom. The maximum Gasteiger partial charge on any atom is 0.115 e. The van der Waals surface area contributed by atoms with E-state index in [0.717, 1.165) is 28.8 Å².